The first-order valence-electron chi connectivity index (χ1n) is 5.34. The molecule has 0 radical (unpaired) electrons. The highest BCUT2D eigenvalue weighted by molar-refractivity contribution is 5.46. The van der Waals surface area contributed by atoms with Gasteiger partial charge in [-0.05, 0) is 19.1 Å². The highest BCUT2D eigenvalue weighted by atomic mass is 16.5. The van der Waals surface area contributed by atoms with Crippen LogP contribution in [0.25, 0.3) is 0 Å². The number of rotatable bonds is 2. The van der Waals surface area contributed by atoms with E-state index in [1.165, 1.54) is 5.69 Å². The average molecular weight is 203 g/mol. The van der Waals surface area contributed by atoms with Crippen molar-refractivity contribution in [2.45, 2.75) is 13.0 Å². The minimum atomic E-state index is 0.180. The molecule has 2 heteroatoms. The Labute approximate surface area is 91.2 Å². The number of ether oxygens (including phenoxy) is 1. The molecule has 0 amide bonds. The van der Waals surface area contributed by atoms with Gasteiger partial charge in [-0.3, -0.25) is 0 Å². The van der Waals surface area contributed by atoms with Gasteiger partial charge in [0.25, 0.3) is 0 Å². The lowest BCUT2D eigenvalue weighted by Gasteiger charge is -2.34. The van der Waals surface area contributed by atoms with Gasteiger partial charge in [-0.2, -0.15) is 0 Å². The van der Waals surface area contributed by atoms with E-state index in [4.69, 9.17) is 4.74 Å². The predicted molar refractivity (Wildman–Crippen MR) is 63.2 cm³/mol. The number of para-hydroxylation sites is 1. The maximum Gasteiger partial charge on any atom is 0.0955 e. The second-order valence-corrected chi connectivity index (χ2v) is 3.99. The molecule has 1 heterocycles. The first-order valence-corrected chi connectivity index (χ1v) is 5.34. The number of hydrogen-bond donors (Lipinski definition) is 0. The Morgan fingerprint density at radius 3 is 2.80 bits per heavy atom. The van der Waals surface area contributed by atoms with Crippen LogP contribution in [0, 0.1) is 0 Å². The zero-order valence-electron chi connectivity index (χ0n) is 9.15. The molecule has 0 aliphatic carbocycles. The zero-order valence-corrected chi connectivity index (χ0v) is 9.15. The summed E-state index contributed by atoms with van der Waals surface area (Å²) in [6.07, 6.45) is 0.180. The van der Waals surface area contributed by atoms with Crippen LogP contribution in [-0.2, 0) is 4.74 Å². The van der Waals surface area contributed by atoms with E-state index in [0.29, 0.717) is 0 Å². The van der Waals surface area contributed by atoms with Crippen molar-refractivity contribution in [3.05, 3.63) is 42.5 Å². The van der Waals surface area contributed by atoms with E-state index in [1.54, 1.807) is 0 Å². The van der Waals surface area contributed by atoms with Crippen LogP contribution < -0.4 is 4.90 Å². The minimum Gasteiger partial charge on any atom is -0.370 e. The zero-order chi connectivity index (χ0) is 10.7. The first kappa shape index (κ1) is 10.2. The molecule has 0 bridgehead atoms. The van der Waals surface area contributed by atoms with Crippen LogP contribution in [0.2, 0.25) is 0 Å². The summed E-state index contributed by atoms with van der Waals surface area (Å²) >= 11 is 0. The summed E-state index contributed by atoms with van der Waals surface area (Å²) in [4.78, 5) is 2.35. The third kappa shape index (κ3) is 2.39. The van der Waals surface area contributed by atoms with Crippen molar-refractivity contribution in [2.75, 3.05) is 24.6 Å². The molecule has 1 unspecified atom stereocenters. The summed E-state index contributed by atoms with van der Waals surface area (Å²) in [5.41, 5.74) is 2.38. The Bertz CT molecular complexity index is 334. The molecule has 0 N–H and O–H groups in total. The molecule has 1 saturated heterocycles. The minimum absolute atomic E-state index is 0.180. The van der Waals surface area contributed by atoms with Crippen molar-refractivity contribution in [2.24, 2.45) is 0 Å². The largest absolute Gasteiger partial charge is 0.370 e. The van der Waals surface area contributed by atoms with Crippen LogP contribution in [0.5, 0.6) is 0 Å². The summed E-state index contributed by atoms with van der Waals surface area (Å²) < 4.78 is 5.65. The van der Waals surface area contributed by atoms with Crippen LogP contribution in [0.3, 0.4) is 0 Å². The molecule has 1 atom stereocenters. The topological polar surface area (TPSA) is 12.5 Å². The third-order valence-corrected chi connectivity index (χ3v) is 2.74. The Kier molecular flexibility index (Phi) is 3.07. The van der Waals surface area contributed by atoms with Gasteiger partial charge in [0.15, 0.2) is 0 Å². The third-order valence-electron chi connectivity index (χ3n) is 2.74. The van der Waals surface area contributed by atoms with Crippen molar-refractivity contribution in [3.8, 4) is 0 Å². The molecule has 1 aliphatic heterocycles. The SMILES string of the molecule is C=C(C)C1CN(c2ccccc2)CCO1. The maximum absolute atomic E-state index is 5.65. The van der Waals surface area contributed by atoms with Gasteiger partial charge >= 0.3 is 0 Å². The van der Waals surface area contributed by atoms with Crippen LogP contribution >= 0.6 is 0 Å². The fourth-order valence-corrected chi connectivity index (χ4v) is 1.82. The fourth-order valence-electron chi connectivity index (χ4n) is 1.82. The van der Waals surface area contributed by atoms with Gasteiger partial charge in [0.05, 0.1) is 12.7 Å². The molecule has 0 spiro atoms. The molecule has 0 aromatic heterocycles. The summed E-state index contributed by atoms with van der Waals surface area (Å²) in [5, 5.41) is 0. The number of anilines is 1. The van der Waals surface area contributed by atoms with E-state index in [0.717, 1.165) is 25.3 Å². The molecule has 15 heavy (non-hydrogen) atoms. The molecule has 1 fully saturated rings. The lowest BCUT2D eigenvalue weighted by atomic mass is 10.1. The van der Waals surface area contributed by atoms with Crippen LogP contribution in [0.4, 0.5) is 5.69 Å². The number of morpholine rings is 1. The second kappa shape index (κ2) is 4.49. The Hall–Kier alpha value is -1.28. The lowest BCUT2D eigenvalue weighted by molar-refractivity contribution is 0.0645. The Morgan fingerprint density at radius 1 is 1.40 bits per heavy atom. The van der Waals surface area contributed by atoms with Gasteiger partial charge in [0.2, 0.25) is 0 Å². The molecule has 1 aromatic rings. The summed E-state index contributed by atoms with van der Waals surface area (Å²) in [7, 11) is 0. The summed E-state index contributed by atoms with van der Waals surface area (Å²) in [6.45, 7) is 8.65. The quantitative estimate of drug-likeness (QED) is 0.685. The highest BCUT2D eigenvalue weighted by Gasteiger charge is 2.20. The molecule has 0 saturated carbocycles. The van der Waals surface area contributed by atoms with E-state index >= 15 is 0 Å². The van der Waals surface area contributed by atoms with Crippen molar-refractivity contribution < 1.29 is 4.74 Å². The maximum atomic E-state index is 5.65. The van der Waals surface area contributed by atoms with Gasteiger partial charge < -0.3 is 9.64 Å². The average Bonchev–Trinajstić information content (AvgIpc) is 2.30. The molecule has 2 nitrogen and oxygen atoms in total. The van der Waals surface area contributed by atoms with E-state index in [1.807, 2.05) is 13.0 Å². The van der Waals surface area contributed by atoms with Crippen molar-refractivity contribution in [1.82, 2.24) is 0 Å². The number of nitrogens with zero attached hydrogens (tertiary/aromatic N) is 1. The molecule has 80 valence electrons. The van der Waals surface area contributed by atoms with Gasteiger partial charge in [0, 0.05) is 18.8 Å². The van der Waals surface area contributed by atoms with Crippen molar-refractivity contribution in [3.63, 3.8) is 0 Å². The summed E-state index contributed by atoms with van der Waals surface area (Å²) in [5.74, 6) is 0. The number of benzene rings is 1. The van der Waals surface area contributed by atoms with Gasteiger partial charge in [0.1, 0.15) is 0 Å². The second-order valence-electron chi connectivity index (χ2n) is 3.99. The Balaban J connectivity index is 2.08. The molecule has 2 rings (SSSR count). The van der Waals surface area contributed by atoms with Crippen molar-refractivity contribution in [1.29, 1.82) is 0 Å². The smallest absolute Gasteiger partial charge is 0.0955 e. The van der Waals surface area contributed by atoms with E-state index in [2.05, 4.69) is 35.7 Å². The van der Waals surface area contributed by atoms with Crippen molar-refractivity contribution >= 4 is 5.69 Å². The van der Waals surface area contributed by atoms with E-state index < -0.39 is 0 Å². The molecule has 1 aliphatic rings. The monoisotopic (exact) mass is 203 g/mol. The van der Waals surface area contributed by atoms with E-state index in [9.17, 15) is 0 Å². The van der Waals surface area contributed by atoms with Gasteiger partial charge in [-0.15, -0.1) is 0 Å². The van der Waals surface area contributed by atoms with Crippen LogP contribution in [-0.4, -0.2) is 25.8 Å². The standard InChI is InChI=1S/C13H17NO/c1-11(2)13-10-14(8-9-15-13)12-6-4-3-5-7-12/h3-7,13H,1,8-10H2,2H3. The molecular formula is C13H17NO. The molecular weight excluding hydrogens is 186 g/mol. The van der Waals surface area contributed by atoms with Crippen LogP contribution in [0.15, 0.2) is 42.5 Å². The van der Waals surface area contributed by atoms with E-state index in [-0.39, 0.29) is 6.10 Å². The van der Waals surface area contributed by atoms with Gasteiger partial charge in [-0.1, -0.05) is 30.4 Å². The highest BCUT2D eigenvalue weighted by Crippen LogP contribution is 2.19. The number of hydrogen-bond acceptors (Lipinski definition) is 2. The lowest BCUT2D eigenvalue weighted by Crippen LogP contribution is -2.42. The normalized spacial score (nSPS) is 21.4. The fraction of sp³-hybridized carbons (Fsp3) is 0.385. The summed E-state index contributed by atoms with van der Waals surface area (Å²) in [6, 6.07) is 10.5. The van der Waals surface area contributed by atoms with Gasteiger partial charge in [-0.25, -0.2) is 0 Å². The van der Waals surface area contributed by atoms with Crippen LogP contribution in [0.1, 0.15) is 6.92 Å². The predicted octanol–water partition coefficient (Wildman–Crippen LogP) is 2.47. The first-order chi connectivity index (χ1) is 7.27. The Morgan fingerprint density at radius 2 is 2.13 bits per heavy atom. The molecule has 1 aromatic carbocycles.